The average Bonchev–Trinajstić information content (AvgIpc) is 3.07. The summed E-state index contributed by atoms with van der Waals surface area (Å²) in [5.74, 6) is -4.42. The molecule has 2 atom stereocenters. The SMILES string of the molecule is Cc1ccc(N2C[C@@H](C(=O)O[C@H](C)C(=O)Nc3c(F)cccc3F)CC2=O)cc1. The first-order chi connectivity index (χ1) is 13.8. The number of anilines is 2. The quantitative estimate of drug-likeness (QED) is 0.780. The topological polar surface area (TPSA) is 75.7 Å². The molecule has 2 aromatic carbocycles. The van der Waals surface area contributed by atoms with Crippen molar-refractivity contribution < 1.29 is 27.9 Å². The molecular formula is C21H20F2N2O4. The number of rotatable bonds is 5. The van der Waals surface area contributed by atoms with Gasteiger partial charge in [-0.3, -0.25) is 14.4 Å². The van der Waals surface area contributed by atoms with Crippen molar-refractivity contribution in [3.63, 3.8) is 0 Å². The molecule has 1 heterocycles. The van der Waals surface area contributed by atoms with Crippen LogP contribution in [0.15, 0.2) is 42.5 Å². The van der Waals surface area contributed by atoms with Crippen LogP contribution in [0.1, 0.15) is 18.9 Å². The van der Waals surface area contributed by atoms with E-state index in [1.54, 1.807) is 12.1 Å². The van der Waals surface area contributed by atoms with E-state index in [4.69, 9.17) is 4.74 Å². The molecule has 8 heteroatoms. The van der Waals surface area contributed by atoms with Crippen LogP contribution in [0.2, 0.25) is 0 Å². The minimum atomic E-state index is -1.29. The van der Waals surface area contributed by atoms with Crippen LogP contribution in [0.4, 0.5) is 20.2 Å². The van der Waals surface area contributed by atoms with E-state index in [2.05, 4.69) is 5.32 Å². The van der Waals surface area contributed by atoms with Crippen LogP contribution >= 0.6 is 0 Å². The van der Waals surface area contributed by atoms with Crippen molar-refractivity contribution in [2.24, 2.45) is 5.92 Å². The van der Waals surface area contributed by atoms with Crippen LogP contribution in [0, 0.1) is 24.5 Å². The van der Waals surface area contributed by atoms with Gasteiger partial charge >= 0.3 is 5.97 Å². The molecule has 0 aliphatic carbocycles. The molecular weight excluding hydrogens is 382 g/mol. The standard InChI is InChI=1S/C21H20F2N2O4/c1-12-6-8-15(9-7-12)25-11-14(10-18(25)26)21(28)29-13(2)20(27)24-19-16(22)4-3-5-17(19)23/h3-9,13-14H,10-11H2,1-2H3,(H,24,27)/t13-,14+/m1/s1. The molecule has 1 aliphatic rings. The predicted octanol–water partition coefficient (Wildman–Crippen LogP) is 3.20. The molecule has 6 nitrogen and oxygen atoms in total. The average molecular weight is 402 g/mol. The Morgan fingerprint density at radius 1 is 1.14 bits per heavy atom. The van der Waals surface area contributed by atoms with Gasteiger partial charge in [-0.05, 0) is 38.1 Å². The van der Waals surface area contributed by atoms with Gasteiger partial charge in [-0.15, -0.1) is 0 Å². The Kier molecular flexibility index (Phi) is 5.91. The number of carbonyl (C=O) groups is 3. The maximum atomic E-state index is 13.6. The molecule has 0 aromatic heterocycles. The van der Waals surface area contributed by atoms with E-state index in [1.165, 1.54) is 17.9 Å². The predicted molar refractivity (Wildman–Crippen MR) is 102 cm³/mol. The maximum Gasteiger partial charge on any atom is 0.312 e. The first-order valence-electron chi connectivity index (χ1n) is 9.08. The van der Waals surface area contributed by atoms with Crippen LogP contribution in [-0.2, 0) is 19.1 Å². The second kappa shape index (κ2) is 8.38. The van der Waals surface area contributed by atoms with E-state index >= 15 is 0 Å². The minimum absolute atomic E-state index is 0.0387. The van der Waals surface area contributed by atoms with Gasteiger partial charge in [-0.1, -0.05) is 23.8 Å². The van der Waals surface area contributed by atoms with Crippen molar-refractivity contribution in [1.82, 2.24) is 0 Å². The molecule has 3 rings (SSSR count). The molecule has 1 aliphatic heterocycles. The van der Waals surface area contributed by atoms with Gasteiger partial charge in [0.05, 0.1) is 5.92 Å². The third-order valence-corrected chi connectivity index (χ3v) is 4.68. The summed E-state index contributed by atoms with van der Waals surface area (Å²) in [6, 6.07) is 10.5. The largest absolute Gasteiger partial charge is 0.452 e. The lowest BCUT2D eigenvalue weighted by Crippen LogP contribution is -2.33. The summed E-state index contributed by atoms with van der Waals surface area (Å²) >= 11 is 0. The number of para-hydroxylation sites is 1. The fraction of sp³-hybridized carbons (Fsp3) is 0.286. The van der Waals surface area contributed by atoms with Crippen LogP contribution in [0.25, 0.3) is 0 Å². The number of nitrogens with one attached hydrogen (secondary N) is 1. The molecule has 0 saturated carbocycles. The van der Waals surface area contributed by atoms with Gasteiger partial charge < -0.3 is 15.0 Å². The number of hydrogen-bond donors (Lipinski definition) is 1. The van der Waals surface area contributed by atoms with Crippen molar-refractivity contribution in [1.29, 1.82) is 0 Å². The van der Waals surface area contributed by atoms with Gasteiger partial charge in [0.1, 0.15) is 17.3 Å². The highest BCUT2D eigenvalue weighted by Gasteiger charge is 2.37. The second-order valence-electron chi connectivity index (χ2n) is 6.91. The molecule has 0 spiro atoms. The summed E-state index contributed by atoms with van der Waals surface area (Å²) in [7, 11) is 0. The van der Waals surface area contributed by atoms with E-state index in [-0.39, 0.29) is 18.9 Å². The summed E-state index contributed by atoms with van der Waals surface area (Å²) in [6.45, 7) is 3.35. The fourth-order valence-corrected chi connectivity index (χ4v) is 3.01. The van der Waals surface area contributed by atoms with E-state index in [1.807, 2.05) is 19.1 Å². The first kappa shape index (κ1) is 20.4. The molecule has 1 saturated heterocycles. The van der Waals surface area contributed by atoms with Gasteiger partial charge in [0, 0.05) is 18.7 Å². The maximum absolute atomic E-state index is 13.6. The highest BCUT2D eigenvalue weighted by atomic mass is 19.1. The normalized spacial score (nSPS) is 17.2. The Morgan fingerprint density at radius 3 is 2.38 bits per heavy atom. The molecule has 152 valence electrons. The summed E-state index contributed by atoms with van der Waals surface area (Å²) in [5.41, 5.74) is 1.11. The number of hydrogen-bond acceptors (Lipinski definition) is 4. The van der Waals surface area contributed by atoms with E-state index < -0.39 is 41.2 Å². The minimum Gasteiger partial charge on any atom is -0.452 e. The van der Waals surface area contributed by atoms with Crippen LogP contribution in [0.5, 0.6) is 0 Å². The van der Waals surface area contributed by atoms with E-state index in [9.17, 15) is 23.2 Å². The lowest BCUT2D eigenvalue weighted by atomic mass is 10.1. The van der Waals surface area contributed by atoms with Gasteiger partial charge in [0.2, 0.25) is 5.91 Å². The number of amides is 2. The smallest absolute Gasteiger partial charge is 0.312 e. The van der Waals surface area contributed by atoms with Gasteiger partial charge in [0.15, 0.2) is 6.10 Å². The number of ether oxygens (including phenoxy) is 1. The molecule has 2 aromatic rings. The number of halogens is 2. The molecule has 0 bridgehead atoms. The molecule has 1 N–H and O–H groups in total. The lowest BCUT2D eigenvalue weighted by Gasteiger charge is -2.18. The van der Waals surface area contributed by atoms with Gasteiger partial charge in [-0.2, -0.15) is 0 Å². The zero-order valence-corrected chi connectivity index (χ0v) is 15.9. The Balaban J connectivity index is 1.60. The van der Waals surface area contributed by atoms with Crippen molar-refractivity contribution in [2.45, 2.75) is 26.4 Å². The molecule has 29 heavy (non-hydrogen) atoms. The zero-order chi connectivity index (χ0) is 21.1. The van der Waals surface area contributed by atoms with Crippen LogP contribution < -0.4 is 10.2 Å². The third kappa shape index (κ3) is 4.59. The highest BCUT2D eigenvalue weighted by molar-refractivity contribution is 6.00. The van der Waals surface area contributed by atoms with E-state index in [0.29, 0.717) is 5.69 Å². The summed E-state index contributed by atoms with van der Waals surface area (Å²) in [6.07, 6.45) is -1.33. The fourth-order valence-electron chi connectivity index (χ4n) is 3.01. The number of benzene rings is 2. The van der Waals surface area contributed by atoms with Crippen molar-refractivity contribution >= 4 is 29.2 Å². The molecule has 0 radical (unpaired) electrons. The number of aryl methyl sites for hydroxylation is 1. The lowest BCUT2D eigenvalue weighted by molar-refractivity contribution is -0.157. The molecule has 2 amide bonds. The zero-order valence-electron chi connectivity index (χ0n) is 15.9. The Morgan fingerprint density at radius 2 is 1.76 bits per heavy atom. The van der Waals surface area contributed by atoms with Crippen LogP contribution in [-0.4, -0.2) is 30.4 Å². The van der Waals surface area contributed by atoms with Crippen LogP contribution in [0.3, 0.4) is 0 Å². The summed E-state index contributed by atoms with van der Waals surface area (Å²) in [5, 5.41) is 2.08. The summed E-state index contributed by atoms with van der Waals surface area (Å²) in [4.78, 5) is 38.3. The Hall–Kier alpha value is -3.29. The Labute approximate surface area is 166 Å². The molecule has 1 fully saturated rings. The number of nitrogens with zero attached hydrogens (tertiary/aromatic N) is 1. The van der Waals surface area contributed by atoms with Crippen molar-refractivity contribution in [2.75, 3.05) is 16.8 Å². The van der Waals surface area contributed by atoms with Gasteiger partial charge in [0.25, 0.3) is 5.91 Å². The third-order valence-electron chi connectivity index (χ3n) is 4.68. The highest BCUT2D eigenvalue weighted by Crippen LogP contribution is 2.26. The monoisotopic (exact) mass is 402 g/mol. The van der Waals surface area contributed by atoms with Crippen molar-refractivity contribution in [3.05, 3.63) is 59.7 Å². The number of esters is 1. The summed E-state index contributed by atoms with van der Waals surface area (Å²) < 4.78 is 32.4. The van der Waals surface area contributed by atoms with Crippen molar-refractivity contribution in [3.8, 4) is 0 Å². The number of carbonyl (C=O) groups excluding carboxylic acids is 3. The molecule has 0 unspecified atom stereocenters. The Bertz CT molecular complexity index is 926. The first-order valence-corrected chi connectivity index (χ1v) is 9.08. The van der Waals surface area contributed by atoms with Gasteiger partial charge in [-0.25, -0.2) is 8.78 Å². The second-order valence-corrected chi connectivity index (χ2v) is 6.91. The van der Waals surface area contributed by atoms with E-state index in [0.717, 1.165) is 17.7 Å².